The first-order valence-corrected chi connectivity index (χ1v) is 12.3. The van der Waals surface area contributed by atoms with Crippen LogP contribution >= 0.6 is 0 Å². The molecule has 9 atom stereocenters. The number of hydrogen-bond acceptors (Lipinski definition) is 13. The fourth-order valence-corrected chi connectivity index (χ4v) is 5.39. The summed E-state index contributed by atoms with van der Waals surface area (Å²) in [6.45, 7) is -1.12. The van der Waals surface area contributed by atoms with Crippen LogP contribution in [0, 0.1) is 0 Å². The van der Waals surface area contributed by atoms with E-state index in [1.807, 2.05) is 0 Å². The van der Waals surface area contributed by atoms with Crippen LogP contribution in [0.2, 0.25) is 0 Å². The highest BCUT2D eigenvalue weighted by Crippen LogP contribution is 2.56. The summed E-state index contributed by atoms with van der Waals surface area (Å²) in [5, 5.41) is 73.0. The SMILES string of the molecule is COc1cc(C2OCC3(O)C(c4ccc(O[C@@H]5O[C@H](CO)[C@@H](O)[C@H](O)[C@H]5O)c(OC)c4)OCC23O)ccc1O. The molecule has 13 heteroatoms. The number of methoxy groups -OCH3 is 2. The smallest absolute Gasteiger partial charge is 0.229 e. The zero-order chi connectivity index (χ0) is 28.1. The van der Waals surface area contributed by atoms with Crippen LogP contribution in [0.4, 0.5) is 0 Å². The molecule has 0 spiro atoms. The number of hydrogen-bond donors (Lipinski definition) is 7. The number of aromatic hydroxyl groups is 1. The molecular weight excluding hydrogens is 520 g/mol. The maximum Gasteiger partial charge on any atom is 0.229 e. The standard InChI is InChI=1S/C26H32O13/c1-34-16-7-12(3-5-14(16)28)22-25(32)10-37-23(26(25,33)11-36-22)13-4-6-15(17(8-13)35-2)38-24-21(31)20(30)19(29)18(9-27)39-24/h3-8,18-24,27-33H,9-11H2,1-2H3/t18-,19-,20+,21-,22?,23?,24-,25?,26?/m1/s1. The van der Waals surface area contributed by atoms with E-state index in [1.165, 1.54) is 38.5 Å². The van der Waals surface area contributed by atoms with Gasteiger partial charge in [-0.25, -0.2) is 0 Å². The van der Waals surface area contributed by atoms with Crippen LogP contribution < -0.4 is 14.2 Å². The summed E-state index contributed by atoms with van der Waals surface area (Å²) in [6.07, 6.45) is -9.35. The minimum Gasteiger partial charge on any atom is -0.504 e. The van der Waals surface area contributed by atoms with Gasteiger partial charge in [0.15, 0.2) is 34.2 Å². The Morgan fingerprint density at radius 2 is 1.36 bits per heavy atom. The molecule has 3 saturated heterocycles. The van der Waals surface area contributed by atoms with E-state index in [-0.39, 0.29) is 36.2 Å². The predicted octanol–water partition coefficient (Wildman–Crippen LogP) is -1.11. The summed E-state index contributed by atoms with van der Waals surface area (Å²) in [5.41, 5.74) is -2.78. The van der Waals surface area contributed by atoms with Crippen LogP contribution in [0.3, 0.4) is 0 Å². The molecule has 3 fully saturated rings. The number of fused-ring (bicyclic) bond motifs is 1. The van der Waals surface area contributed by atoms with Crippen molar-refractivity contribution in [3.05, 3.63) is 47.5 Å². The Morgan fingerprint density at radius 3 is 1.92 bits per heavy atom. The highest BCUT2D eigenvalue weighted by Gasteiger charge is 2.69. The second-order valence-corrected chi connectivity index (χ2v) is 9.89. The summed E-state index contributed by atoms with van der Waals surface area (Å²) in [5.74, 6) is 0.360. The molecule has 13 nitrogen and oxygen atoms in total. The van der Waals surface area contributed by atoms with E-state index in [0.717, 1.165) is 0 Å². The molecule has 5 rings (SSSR count). The summed E-state index contributed by atoms with van der Waals surface area (Å²) in [4.78, 5) is 0. The Balaban J connectivity index is 1.39. The van der Waals surface area contributed by atoms with Gasteiger partial charge in [0.2, 0.25) is 6.29 Å². The van der Waals surface area contributed by atoms with Gasteiger partial charge < -0.3 is 64.2 Å². The molecule has 0 bridgehead atoms. The van der Waals surface area contributed by atoms with E-state index in [2.05, 4.69) is 0 Å². The predicted molar refractivity (Wildman–Crippen MR) is 129 cm³/mol. The highest BCUT2D eigenvalue weighted by molar-refractivity contribution is 5.47. The van der Waals surface area contributed by atoms with Gasteiger partial charge in [0.05, 0.1) is 34.0 Å². The number of phenols is 1. The van der Waals surface area contributed by atoms with Crippen molar-refractivity contribution < 1.29 is 64.2 Å². The van der Waals surface area contributed by atoms with Crippen molar-refractivity contribution in [3.8, 4) is 23.0 Å². The van der Waals surface area contributed by atoms with Crippen molar-refractivity contribution in [2.24, 2.45) is 0 Å². The molecule has 3 aliphatic rings. The van der Waals surface area contributed by atoms with E-state index >= 15 is 0 Å². The quantitative estimate of drug-likeness (QED) is 0.219. The Kier molecular flexibility index (Phi) is 7.39. The lowest BCUT2D eigenvalue weighted by Crippen LogP contribution is -2.60. The molecule has 3 aliphatic heterocycles. The minimum atomic E-state index is -1.85. The molecule has 39 heavy (non-hydrogen) atoms. The van der Waals surface area contributed by atoms with Crippen LogP contribution in [0.15, 0.2) is 36.4 Å². The molecule has 2 aromatic carbocycles. The van der Waals surface area contributed by atoms with Gasteiger partial charge in [0, 0.05) is 0 Å². The molecule has 7 N–H and O–H groups in total. The van der Waals surface area contributed by atoms with Gasteiger partial charge in [0.1, 0.15) is 36.6 Å². The van der Waals surface area contributed by atoms with Crippen LogP contribution in [-0.2, 0) is 14.2 Å². The average Bonchev–Trinajstić information content (AvgIpc) is 3.35. The Bertz CT molecular complexity index is 1190. The monoisotopic (exact) mass is 552 g/mol. The average molecular weight is 553 g/mol. The number of aliphatic hydroxyl groups is 6. The van der Waals surface area contributed by atoms with E-state index in [0.29, 0.717) is 11.1 Å². The van der Waals surface area contributed by atoms with E-state index in [1.54, 1.807) is 12.1 Å². The van der Waals surface area contributed by atoms with E-state index < -0.39 is 60.7 Å². The highest BCUT2D eigenvalue weighted by atomic mass is 16.7. The first-order valence-electron chi connectivity index (χ1n) is 12.3. The number of rotatable bonds is 7. The summed E-state index contributed by atoms with van der Waals surface area (Å²) in [7, 11) is 2.76. The van der Waals surface area contributed by atoms with Crippen LogP contribution in [0.5, 0.6) is 23.0 Å². The van der Waals surface area contributed by atoms with Gasteiger partial charge in [-0.1, -0.05) is 12.1 Å². The number of ether oxygens (including phenoxy) is 6. The fraction of sp³-hybridized carbons (Fsp3) is 0.538. The summed E-state index contributed by atoms with van der Waals surface area (Å²) < 4.78 is 33.4. The lowest BCUT2D eigenvalue weighted by atomic mass is 9.77. The summed E-state index contributed by atoms with van der Waals surface area (Å²) in [6, 6.07) is 9.04. The molecular formula is C26H32O13. The van der Waals surface area contributed by atoms with Gasteiger partial charge in [0.25, 0.3) is 0 Å². The molecule has 0 aromatic heterocycles. The molecule has 0 radical (unpaired) electrons. The largest absolute Gasteiger partial charge is 0.504 e. The topological polar surface area (TPSA) is 197 Å². The zero-order valence-corrected chi connectivity index (χ0v) is 21.2. The van der Waals surface area contributed by atoms with Crippen LogP contribution in [0.25, 0.3) is 0 Å². The number of benzene rings is 2. The lowest BCUT2D eigenvalue weighted by Gasteiger charge is -2.39. The van der Waals surface area contributed by atoms with Crippen LogP contribution in [0.1, 0.15) is 23.3 Å². The number of aliphatic hydroxyl groups excluding tert-OH is 4. The molecule has 0 saturated carbocycles. The van der Waals surface area contributed by atoms with Crippen molar-refractivity contribution in [3.63, 3.8) is 0 Å². The zero-order valence-electron chi connectivity index (χ0n) is 21.2. The third kappa shape index (κ3) is 4.40. The molecule has 0 aliphatic carbocycles. The van der Waals surface area contributed by atoms with Gasteiger partial charge in [-0.15, -0.1) is 0 Å². The second-order valence-electron chi connectivity index (χ2n) is 9.89. The van der Waals surface area contributed by atoms with Crippen molar-refractivity contribution in [1.82, 2.24) is 0 Å². The van der Waals surface area contributed by atoms with Crippen molar-refractivity contribution in [1.29, 1.82) is 0 Å². The van der Waals surface area contributed by atoms with Gasteiger partial charge in [-0.3, -0.25) is 0 Å². The Hall–Kier alpha value is -2.72. The Labute approximate surface area is 223 Å². The first-order chi connectivity index (χ1) is 18.6. The maximum absolute atomic E-state index is 11.7. The lowest BCUT2D eigenvalue weighted by molar-refractivity contribution is -0.277. The number of phenolic OH excluding ortho intramolecular Hbond substituents is 1. The van der Waals surface area contributed by atoms with Gasteiger partial charge in [-0.05, 0) is 35.4 Å². The molecule has 2 aromatic rings. The van der Waals surface area contributed by atoms with Crippen LogP contribution in [-0.4, -0.2) is 112 Å². The van der Waals surface area contributed by atoms with Gasteiger partial charge in [-0.2, -0.15) is 0 Å². The second kappa shape index (κ2) is 10.4. The maximum atomic E-state index is 11.7. The Morgan fingerprint density at radius 1 is 0.795 bits per heavy atom. The molecule has 3 heterocycles. The first kappa shape index (κ1) is 27.8. The van der Waals surface area contributed by atoms with Gasteiger partial charge >= 0.3 is 0 Å². The van der Waals surface area contributed by atoms with E-state index in [4.69, 9.17) is 28.4 Å². The molecule has 4 unspecified atom stereocenters. The third-order valence-electron chi connectivity index (χ3n) is 7.65. The normalized spacial score (nSPS) is 37.9. The summed E-state index contributed by atoms with van der Waals surface area (Å²) >= 11 is 0. The molecule has 214 valence electrons. The molecule has 0 amide bonds. The fourth-order valence-electron chi connectivity index (χ4n) is 5.39. The van der Waals surface area contributed by atoms with Crippen molar-refractivity contribution in [2.75, 3.05) is 34.0 Å². The third-order valence-corrected chi connectivity index (χ3v) is 7.65. The van der Waals surface area contributed by atoms with Crippen molar-refractivity contribution in [2.45, 2.75) is 54.1 Å². The van der Waals surface area contributed by atoms with E-state index in [9.17, 15) is 35.7 Å². The van der Waals surface area contributed by atoms with Crippen molar-refractivity contribution >= 4 is 0 Å². The minimum absolute atomic E-state index is 0.0832.